The van der Waals surface area contributed by atoms with E-state index in [4.69, 9.17) is 9.84 Å². The number of methoxy groups -OCH3 is 1. The molecule has 1 unspecified atom stereocenters. The zero-order valence-electron chi connectivity index (χ0n) is 11.4. The van der Waals surface area contributed by atoms with E-state index in [2.05, 4.69) is 10.3 Å². The summed E-state index contributed by atoms with van der Waals surface area (Å²) in [4.78, 5) is 27.7. The zero-order chi connectivity index (χ0) is 14.6. The van der Waals surface area contributed by atoms with Gasteiger partial charge in [0.25, 0.3) is 5.91 Å². The smallest absolute Gasteiger partial charge is 0.305 e. The summed E-state index contributed by atoms with van der Waals surface area (Å²) in [6.07, 6.45) is -0.205. The zero-order valence-corrected chi connectivity index (χ0v) is 12.3. The molecule has 1 amide bonds. The number of ether oxygens (including phenoxy) is 1. The number of carboxylic acid groups (broad SMARTS) is 1. The summed E-state index contributed by atoms with van der Waals surface area (Å²) in [5, 5.41) is 12.4. The number of rotatable bonds is 6. The molecule has 7 heteroatoms. The number of amides is 1. The summed E-state index contributed by atoms with van der Waals surface area (Å²) in [6, 6.07) is 0. The Morgan fingerprint density at radius 1 is 1.47 bits per heavy atom. The first-order valence-corrected chi connectivity index (χ1v) is 6.56. The normalized spacial score (nSPS) is 13.9. The van der Waals surface area contributed by atoms with E-state index in [1.165, 1.54) is 18.4 Å². The molecule has 19 heavy (non-hydrogen) atoms. The number of carboxylic acids is 1. The lowest BCUT2D eigenvalue weighted by Crippen LogP contribution is -2.50. The van der Waals surface area contributed by atoms with Gasteiger partial charge in [0.1, 0.15) is 4.88 Å². The van der Waals surface area contributed by atoms with E-state index in [1.54, 1.807) is 13.8 Å². The van der Waals surface area contributed by atoms with Gasteiger partial charge in [0, 0.05) is 7.11 Å². The molecule has 1 atom stereocenters. The van der Waals surface area contributed by atoms with Gasteiger partial charge >= 0.3 is 5.97 Å². The molecule has 0 radical (unpaired) electrons. The number of aromatic nitrogens is 1. The van der Waals surface area contributed by atoms with Crippen LogP contribution in [0.25, 0.3) is 0 Å². The first-order chi connectivity index (χ1) is 8.77. The lowest BCUT2D eigenvalue weighted by atomic mass is 9.99. The average Bonchev–Trinajstić information content (AvgIpc) is 2.56. The van der Waals surface area contributed by atoms with E-state index in [-0.39, 0.29) is 18.9 Å². The Hall–Kier alpha value is -1.47. The summed E-state index contributed by atoms with van der Waals surface area (Å²) in [5.74, 6) is -1.30. The number of hydrogen-bond acceptors (Lipinski definition) is 5. The molecule has 0 aliphatic heterocycles. The third kappa shape index (κ3) is 4.29. The highest BCUT2D eigenvalue weighted by atomic mass is 32.1. The van der Waals surface area contributed by atoms with E-state index < -0.39 is 11.5 Å². The minimum Gasteiger partial charge on any atom is -0.481 e. The van der Waals surface area contributed by atoms with Gasteiger partial charge in [0.05, 0.1) is 29.3 Å². The van der Waals surface area contributed by atoms with Gasteiger partial charge in [-0.05, 0) is 20.8 Å². The van der Waals surface area contributed by atoms with Gasteiger partial charge in [0.2, 0.25) is 0 Å². The van der Waals surface area contributed by atoms with Gasteiger partial charge in [-0.1, -0.05) is 0 Å². The molecule has 0 aliphatic rings. The lowest BCUT2D eigenvalue weighted by Gasteiger charge is -2.28. The summed E-state index contributed by atoms with van der Waals surface area (Å²) in [6.45, 7) is 5.34. The van der Waals surface area contributed by atoms with E-state index >= 15 is 0 Å². The third-order valence-electron chi connectivity index (χ3n) is 2.53. The van der Waals surface area contributed by atoms with Crippen molar-refractivity contribution in [2.75, 3.05) is 13.7 Å². The predicted molar refractivity (Wildman–Crippen MR) is 71.6 cm³/mol. The van der Waals surface area contributed by atoms with Crippen molar-refractivity contribution in [3.8, 4) is 0 Å². The van der Waals surface area contributed by atoms with Crippen LogP contribution in [-0.2, 0) is 9.53 Å². The standard InChI is InChI=1S/C12H18N2O4S/c1-7-10(19-8(2)13-7)11(17)14-12(3,6-18-4)5-9(15)16/h5-6H2,1-4H3,(H,14,17)(H,15,16). The number of aliphatic carboxylic acids is 1. The molecule has 1 rings (SSSR count). The van der Waals surface area contributed by atoms with Crippen LogP contribution in [-0.4, -0.2) is 41.2 Å². The number of nitrogens with one attached hydrogen (secondary N) is 1. The maximum Gasteiger partial charge on any atom is 0.305 e. The van der Waals surface area contributed by atoms with Crippen LogP contribution in [0.5, 0.6) is 0 Å². The molecule has 0 aliphatic carbocycles. The van der Waals surface area contributed by atoms with Gasteiger partial charge in [-0.3, -0.25) is 9.59 Å². The third-order valence-corrected chi connectivity index (χ3v) is 3.60. The largest absolute Gasteiger partial charge is 0.481 e. The Bertz CT molecular complexity index is 486. The van der Waals surface area contributed by atoms with Crippen molar-refractivity contribution in [1.82, 2.24) is 10.3 Å². The van der Waals surface area contributed by atoms with Crippen molar-refractivity contribution in [2.45, 2.75) is 32.7 Å². The quantitative estimate of drug-likeness (QED) is 0.824. The number of nitrogens with zero attached hydrogens (tertiary/aromatic N) is 1. The highest BCUT2D eigenvalue weighted by Crippen LogP contribution is 2.19. The second-order valence-electron chi connectivity index (χ2n) is 4.67. The minimum absolute atomic E-state index is 0.127. The molecule has 106 valence electrons. The Kier molecular flexibility index (Phi) is 5.02. The van der Waals surface area contributed by atoms with E-state index in [0.717, 1.165) is 5.01 Å². The number of aryl methyl sites for hydroxylation is 2. The fourth-order valence-corrected chi connectivity index (χ4v) is 2.67. The van der Waals surface area contributed by atoms with Crippen molar-refractivity contribution >= 4 is 23.2 Å². The molecular weight excluding hydrogens is 268 g/mol. The Morgan fingerprint density at radius 2 is 2.11 bits per heavy atom. The number of hydrogen-bond donors (Lipinski definition) is 2. The molecule has 1 heterocycles. The summed E-state index contributed by atoms with van der Waals surface area (Å²) in [7, 11) is 1.47. The van der Waals surface area contributed by atoms with Crippen molar-refractivity contribution in [1.29, 1.82) is 0 Å². The highest BCUT2D eigenvalue weighted by Gasteiger charge is 2.31. The maximum absolute atomic E-state index is 12.2. The van der Waals surface area contributed by atoms with Crippen molar-refractivity contribution in [2.24, 2.45) is 0 Å². The van der Waals surface area contributed by atoms with Crippen molar-refractivity contribution < 1.29 is 19.4 Å². The summed E-state index contributed by atoms with van der Waals surface area (Å²) in [5.41, 5.74) is -0.294. The van der Waals surface area contributed by atoms with Crippen LogP contribution in [0.15, 0.2) is 0 Å². The van der Waals surface area contributed by atoms with Gasteiger partial charge < -0.3 is 15.2 Å². The summed E-state index contributed by atoms with van der Waals surface area (Å²) < 4.78 is 4.99. The second-order valence-corrected chi connectivity index (χ2v) is 5.87. The average molecular weight is 286 g/mol. The van der Waals surface area contributed by atoms with Crippen LogP contribution in [0.2, 0.25) is 0 Å². The minimum atomic E-state index is -0.989. The fraction of sp³-hybridized carbons (Fsp3) is 0.583. The van der Waals surface area contributed by atoms with Gasteiger partial charge in [-0.15, -0.1) is 11.3 Å². The SMILES string of the molecule is COCC(C)(CC(=O)O)NC(=O)c1sc(C)nc1C. The van der Waals surface area contributed by atoms with Crippen LogP contribution in [0.1, 0.15) is 33.7 Å². The van der Waals surface area contributed by atoms with Crippen LogP contribution < -0.4 is 5.32 Å². The molecule has 1 aromatic rings. The number of carbonyl (C=O) groups is 2. The molecule has 0 fully saturated rings. The molecule has 0 aromatic carbocycles. The second kappa shape index (κ2) is 6.12. The summed E-state index contributed by atoms with van der Waals surface area (Å²) >= 11 is 1.29. The lowest BCUT2D eigenvalue weighted by molar-refractivity contribution is -0.139. The van der Waals surface area contributed by atoms with Crippen molar-refractivity contribution in [3.63, 3.8) is 0 Å². The molecule has 2 N–H and O–H groups in total. The molecule has 1 aromatic heterocycles. The first-order valence-electron chi connectivity index (χ1n) is 5.74. The number of carbonyl (C=O) groups excluding carboxylic acids is 1. The van der Waals surface area contributed by atoms with Crippen LogP contribution in [0.3, 0.4) is 0 Å². The van der Waals surface area contributed by atoms with E-state index in [1.807, 2.05) is 6.92 Å². The van der Waals surface area contributed by atoms with Crippen molar-refractivity contribution in [3.05, 3.63) is 15.6 Å². The molecular formula is C12H18N2O4S. The molecule has 0 saturated heterocycles. The fourth-order valence-electron chi connectivity index (χ4n) is 1.86. The van der Waals surface area contributed by atoms with Crippen LogP contribution >= 0.6 is 11.3 Å². The van der Waals surface area contributed by atoms with Gasteiger partial charge in [-0.25, -0.2) is 4.98 Å². The van der Waals surface area contributed by atoms with Gasteiger partial charge in [0.15, 0.2) is 0 Å². The molecule has 0 saturated carbocycles. The monoisotopic (exact) mass is 286 g/mol. The Balaban J connectivity index is 2.87. The number of thiazole rings is 1. The van der Waals surface area contributed by atoms with Crippen LogP contribution in [0.4, 0.5) is 0 Å². The Labute approximate surface area is 115 Å². The topological polar surface area (TPSA) is 88.5 Å². The Morgan fingerprint density at radius 3 is 2.53 bits per heavy atom. The van der Waals surface area contributed by atoms with E-state index in [0.29, 0.717) is 10.6 Å². The molecule has 6 nitrogen and oxygen atoms in total. The molecule has 0 bridgehead atoms. The van der Waals surface area contributed by atoms with Crippen LogP contribution in [0, 0.1) is 13.8 Å². The predicted octanol–water partition coefficient (Wildman–Crippen LogP) is 1.37. The highest BCUT2D eigenvalue weighted by molar-refractivity contribution is 7.13. The molecule has 0 spiro atoms. The first kappa shape index (κ1) is 15.6. The maximum atomic E-state index is 12.2. The van der Waals surface area contributed by atoms with Gasteiger partial charge in [-0.2, -0.15) is 0 Å². The van der Waals surface area contributed by atoms with E-state index in [9.17, 15) is 9.59 Å².